The topological polar surface area (TPSA) is 127 Å². The molecular formula is C20H20ClFN4O4. The second-order valence-corrected chi connectivity index (χ2v) is 7.10. The van der Waals surface area contributed by atoms with E-state index in [0.717, 1.165) is 0 Å². The van der Waals surface area contributed by atoms with Crippen molar-refractivity contribution < 1.29 is 24.2 Å². The number of nitrogens with one attached hydrogen (secondary N) is 3. The first-order valence-corrected chi connectivity index (χ1v) is 9.49. The number of aliphatic hydroxyl groups is 2. The minimum absolute atomic E-state index is 0.0979. The number of benzene rings is 1. The van der Waals surface area contributed by atoms with Gasteiger partial charge in [-0.25, -0.2) is 9.37 Å². The van der Waals surface area contributed by atoms with E-state index in [9.17, 15) is 19.1 Å². The summed E-state index contributed by atoms with van der Waals surface area (Å²) in [4.78, 5) is 32.2. The average Bonchev–Trinajstić information content (AvgIpc) is 3.16. The van der Waals surface area contributed by atoms with Gasteiger partial charge in [0.25, 0.3) is 5.91 Å². The number of hydrogen-bond donors (Lipinski definition) is 5. The number of carbonyl (C=O) groups excluding carboxylic acids is 2. The molecule has 3 rings (SSSR count). The molecular weight excluding hydrogens is 415 g/mol. The molecule has 0 spiro atoms. The van der Waals surface area contributed by atoms with Crippen molar-refractivity contribution in [3.8, 4) is 0 Å². The Balaban J connectivity index is 1.77. The van der Waals surface area contributed by atoms with Crippen LogP contribution in [-0.2, 0) is 11.2 Å². The van der Waals surface area contributed by atoms with E-state index in [2.05, 4.69) is 20.6 Å². The first-order valence-electron chi connectivity index (χ1n) is 9.12. The summed E-state index contributed by atoms with van der Waals surface area (Å²) in [7, 11) is 0. The van der Waals surface area contributed by atoms with Crippen LogP contribution in [0.2, 0.25) is 5.15 Å². The zero-order valence-corrected chi connectivity index (χ0v) is 16.5. The highest BCUT2D eigenvalue weighted by Gasteiger charge is 2.23. The van der Waals surface area contributed by atoms with Crippen LogP contribution in [0.15, 0.2) is 42.6 Å². The van der Waals surface area contributed by atoms with Crippen LogP contribution in [0.4, 0.5) is 4.39 Å². The molecule has 10 heteroatoms. The molecule has 0 aliphatic carbocycles. The molecule has 2 heterocycles. The smallest absolute Gasteiger partial charge is 0.268 e. The molecule has 1 aromatic carbocycles. The number of aliphatic hydroxyl groups excluding tert-OH is 2. The normalized spacial score (nSPS) is 13.1. The molecule has 0 aliphatic rings. The summed E-state index contributed by atoms with van der Waals surface area (Å²) >= 11 is 5.86. The zero-order chi connectivity index (χ0) is 21.7. The number of hydrogen-bond acceptors (Lipinski definition) is 5. The largest absolute Gasteiger partial charge is 0.394 e. The van der Waals surface area contributed by atoms with Crippen LogP contribution in [0.25, 0.3) is 10.9 Å². The van der Waals surface area contributed by atoms with E-state index >= 15 is 0 Å². The lowest BCUT2D eigenvalue weighted by atomic mass is 10.0. The first-order chi connectivity index (χ1) is 14.4. The van der Waals surface area contributed by atoms with Gasteiger partial charge in [-0.05, 0) is 29.8 Å². The minimum Gasteiger partial charge on any atom is -0.394 e. The summed E-state index contributed by atoms with van der Waals surface area (Å²) in [6, 6.07) is 7.74. The van der Waals surface area contributed by atoms with Crippen molar-refractivity contribution in [2.75, 3.05) is 13.2 Å². The molecule has 0 bridgehead atoms. The molecule has 0 radical (unpaired) electrons. The molecule has 0 saturated heterocycles. The van der Waals surface area contributed by atoms with Crippen molar-refractivity contribution in [1.29, 1.82) is 0 Å². The summed E-state index contributed by atoms with van der Waals surface area (Å²) in [5, 5.41) is 24.4. The van der Waals surface area contributed by atoms with E-state index in [1.54, 1.807) is 12.1 Å². The standard InChI is InChI=1S/C20H20ClFN4O4/c21-18-7-12-6-16(25-17(12)9-23-18)20(30)26-15(19(29)24-8-14(28)10-27)5-11-1-3-13(22)4-2-11/h1-4,6-7,9,14-15,25,27-28H,5,8,10H2,(H,24,29)(H,26,30)/t14?,15-/m0/s1. The third-order valence-corrected chi connectivity index (χ3v) is 4.62. The third kappa shape index (κ3) is 5.53. The van der Waals surface area contributed by atoms with Crippen LogP contribution >= 0.6 is 11.6 Å². The number of carbonyl (C=O) groups is 2. The van der Waals surface area contributed by atoms with Gasteiger partial charge in [0.05, 0.1) is 24.4 Å². The number of aromatic amines is 1. The predicted molar refractivity (Wildman–Crippen MR) is 109 cm³/mol. The van der Waals surface area contributed by atoms with Gasteiger partial charge in [0.1, 0.15) is 22.7 Å². The van der Waals surface area contributed by atoms with Gasteiger partial charge in [-0.3, -0.25) is 9.59 Å². The Morgan fingerprint density at radius 1 is 1.23 bits per heavy atom. The Bertz CT molecular complexity index is 1040. The van der Waals surface area contributed by atoms with Gasteiger partial charge in [-0.15, -0.1) is 0 Å². The summed E-state index contributed by atoms with van der Waals surface area (Å²) in [6.07, 6.45) is 0.468. The molecule has 158 valence electrons. The third-order valence-electron chi connectivity index (χ3n) is 4.41. The Morgan fingerprint density at radius 2 is 1.97 bits per heavy atom. The fourth-order valence-electron chi connectivity index (χ4n) is 2.83. The fourth-order valence-corrected chi connectivity index (χ4v) is 3.00. The number of rotatable bonds is 8. The Hall–Kier alpha value is -3.01. The van der Waals surface area contributed by atoms with E-state index in [-0.39, 0.29) is 23.8 Å². The number of H-pyrrole nitrogens is 1. The summed E-state index contributed by atoms with van der Waals surface area (Å²) in [5.74, 6) is -1.51. The lowest BCUT2D eigenvalue weighted by molar-refractivity contribution is -0.123. The number of fused-ring (bicyclic) bond motifs is 1. The monoisotopic (exact) mass is 434 g/mol. The van der Waals surface area contributed by atoms with Crippen molar-refractivity contribution in [3.05, 3.63) is 64.8 Å². The number of amides is 2. The predicted octanol–water partition coefficient (Wildman–Crippen LogP) is 1.17. The Kier molecular flexibility index (Phi) is 6.99. The maximum atomic E-state index is 13.2. The molecule has 0 fully saturated rings. The van der Waals surface area contributed by atoms with Gasteiger partial charge in [0.15, 0.2) is 0 Å². The number of halogens is 2. The number of aromatic nitrogens is 2. The van der Waals surface area contributed by atoms with Crippen LogP contribution in [0, 0.1) is 5.82 Å². The molecule has 0 aliphatic heterocycles. The molecule has 30 heavy (non-hydrogen) atoms. The van der Waals surface area contributed by atoms with E-state index < -0.39 is 36.4 Å². The highest BCUT2D eigenvalue weighted by molar-refractivity contribution is 6.30. The second-order valence-electron chi connectivity index (χ2n) is 6.72. The van der Waals surface area contributed by atoms with E-state index in [1.807, 2.05) is 0 Å². The van der Waals surface area contributed by atoms with Crippen molar-refractivity contribution in [3.63, 3.8) is 0 Å². The van der Waals surface area contributed by atoms with Crippen molar-refractivity contribution in [2.45, 2.75) is 18.6 Å². The Labute approximate surface area is 176 Å². The van der Waals surface area contributed by atoms with Gasteiger partial charge in [-0.2, -0.15) is 0 Å². The molecule has 3 aromatic rings. The maximum absolute atomic E-state index is 13.2. The lowest BCUT2D eigenvalue weighted by Gasteiger charge is -2.19. The van der Waals surface area contributed by atoms with Gasteiger partial charge < -0.3 is 25.8 Å². The van der Waals surface area contributed by atoms with Crippen LogP contribution in [0.5, 0.6) is 0 Å². The lowest BCUT2D eigenvalue weighted by Crippen LogP contribution is -2.49. The first kappa shape index (κ1) is 21.7. The van der Waals surface area contributed by atoms with Gasteiger partial charge in [0, 0.05) is 18.4 Å². The van der Waals surface area contributed by atoms with Gasteiger partial charge >= 0.3 is 0 Å². The quantitative estimate of drug-likeness (QED) is 0.340. The molecule has 2 aromatic heterocycles. The number of nitrogens with zero attached hydrogens (tertiary/aromatic N) is 1. The van der Waals surface area contributed by atoms with Gasteiger partial charge in [0.2, 0.25) is 5.91 Å². The molecule has 0 saturated carbocycles. The average molecular weight is 435 g/mol. The minimum atomic E-state index is -1.12. The van der Waals surface area contributed by atoms with E-state index in [0.29, 0.717) is 16.5 Å². The van der Waals surface area contributed by atoms with Crippen LogP contribution in [0.1, 0.15) is 16.1 Å². The van der Waals surface area contributed by atoms with Crippen molar-refractivity contribution in [1.82, 2.24) is 20.6 Å². The summed E-state index contributed by atoms with van der Waals surface area (Å²) in [5.41, 5.74) is 1.45. The molecule has 2 amide bonds. The number of pyridine rings is 1. The van der Waals surface area contributed by atoms with Crippen molar-refractivity contribution in [2.24, 2.45) is 0 Å². The zero-order valence-electron chi connectivity index (χ0n) is 15.7. The maximum Gasteiger partial charge on any atom is 0.268 e. The highest BCUT2D eigenvalue weighted by Crippen LogP contribution is 2.18. The summed E-state index contributed by atoms with van der Waals surface area (Å²) in [6.45, 7) is -0.692. The van der Waals surface area contributed by atoms with Crippen LogP contribution < -0.4 is 10.6 Å². The van der Waals surface area contributed by atoms with Crippen LogP contribution in [0.3, 0.4) is 0 Å². The second kappa shape index (κ2) is 9.66. The van der Waals surface area contributed by atoms with Crippen molar-refractivity contribution >= 4 is 34.3 Å². The summed E-state index contributed by atoms with van der Waals surface area (Å²) < 4.78 is 13.2. The van der Waals surface area contributed by atoms with E-state index in [4.69, 9.17) is 16.7 Å². The SMILES string of the molecule is O=C(N[C@@H](Cc1ccc(F)cc1)C(=O)NCC(O)CO)c1cc2cc(Cl)ncc2[nH]1. The molecule has 2 atom stereocenters. The van der Waals surface area contributed by atoms with Crippen LogP contribution in [-0.4, -0.2) is 57.3 Å². The fraction of sp³-hybridized carbons (Fsp3) is 0.250. The Morgan fingerprint density at radius 3 is 2.67 bits per heavy atom. The van der Waals surface area contributed by atoms with E-state index in [1.165, 1.54) is 30.5 Å². The molecule has 8 nitrogen and oxygen atoms in total. The molecule has 5 N–H and O–H groups in total. The highest BCUT2D eigenvalue weighted by atomic mass is 35.5. The molecule has 1 unspecified atom stereocenters. The van der Waals surface area contributed by atoms with Gasteiger partial charge in [-0.1, -0.05) is 23.7 Å².